The molecule has 4 heterocycles. The zero-order chi connectivity index (χ0) is 17.4. The summed E-state index contributed by atoms with van der Waals surface area (Å²) in [6.07, 6.45) is 4.78. The third-order valence-electron chi connectivity index (χ3n) is 5.39. The molecule has 1 unspecified atom stereocenters. The third-order valence-corrected chi connectivity index (χ3v) is 6.31. The number of imidazole rings is 1. The molecular formula is C18H25N5OS. The molecule has 1 fully saturated rings. The maximum absolute atomic E-state index is 12.4. The van der Waals surface area contributed by atoms with Crippen molar-refractivity contribution in [2.45, 2.75) is 52.2 Å². The highest BCUT2D eigenvalue weighted by molar-refractivity contribution is 7.09. The minimum absolute atomic E-state index is 0.220. The number of aryl methyl sites for hydroxylation is 1. The molecule has 0 saturated carbocycles. The molecule has 1 atom stereocenters. The van der Waals surface area contributed by atoms with Gasteiger partial charge in [0, 0.05) is 43.8 Å². The molecular weight excluding hydrogens is 334 g/mol. The molecule has 134 valence electrons. The Labute approximate surface area is 152 Å². The first-order valence-electron chi connectivity index (χ1n) is 9.08. The number of hydrogen-bond donors (Lipinski definition) is 0. The topological polar surface area (TPSA) is 54.3 Å². The number of carbonyl (C=O) groups excluding carboxylic acids is 1. The maximum Gasteiger partial charge on any atom is 0.228 e. The van der Waals surface area contributed by atoms with Crippen LogP contribution in [0.4, 0.5) is 0 Å². The summed E-state index contributed by atoms with van der Waals surface area (Å²) in [5, 5.41) is 0. The van der Waals surface area contributed by atoms with Crippen molar-refractivity contribution < 1.29 is 4.79 Å². The molecule has 1 saturated heterocycles. The fourth-order valence-electron chi connectivity index (χ4n) is 3.79. The van der Waals surface area contributed by atoms with Gasteiger partial charge in [-0.15, -0.1) is 11.3 Å². The Morgan fingerprint density at radius 1 is 1.28 bits per heavy atom. The Hall–Kier alpha value is -1.73. The molecule has 25 heavy (non-hydrogen) atoms. The van der Waals surface area contributed by atoms with E-state index in [-0.39, 0.29) is 11.9 Å². The van der Waals surface area contributed by atoms with Crippen LogP contribution < -0.4 is 0 Å². The summed E-state index contributed by atoms with van der Waals surface area (Å²) in [6.45, 7) is 8.95. The summed E-state index contributed by atoms with van der Waals surface area (Å²) in [4.78, 5) is 27.3. The van der Waals surface area contributed by atoms with Gasteiger partial charge in [0.05, 0.1) is 29.4 Å². The molecule has 2 aromatic heterocycles. The van der Waals surface area contributed by atoms with Crippen molar-refractivity contribution in [2.75, 3.05) is 19.6 Å². The Bertz CT molecular complexity index is 761. The van der Waals surface area contributed by atoms with Gasteiger partial charge in [-0.1, -0.05) is 0 Å². The lowest BCUT2D eigenvalue weighted by Crippen LogP contribution is -2.36. The molecule has 0 aromatic carbocycles. The van der Waals surface area contributed by atoms with Crippen molar-refractivity contribution in [1.29, 1.82) is 0 Å². The maximum atomic E-state index is 12.4. The van der Waals surface area contributed by atoms with Gasteiger partial charge in [-0.05, 0) is 26.7 Å². The predicted molar refractivity (Wildman–Crippen MR) is 97.4 cm³/mol. The average molecular weight is 359 g/mol. The summed E-state index contributed by atoms with van der Waals surface area (Å²) < 4.78 is 2.23. The van der Waals surface area contributed by atoms with Gasteiger partial charge >= 0.3 is 0 Å². The van der Waals surface area contributed by atoms with Gasteiger partial charge < -0.3 is 9.47 Å². The van der Waals surface area contributed by atoms with Crippen molar-refractivity contribution in [3.05, 3.63) is 33.8 Å². The van der Waals surface area contributed by atoms with Gasteiger partial charge in [0.15, 0.2) is 0 Å². The highest BCUT2D eigenvalue weighted by Crippen LogP contribution is 2.28. The van der Waals surface area contributed by atoms with E-state index in [4.69, 9.17) is 4.98 Å². The number of fused-ring (bicyclic) bond motifs is 1. The van der Waals surface area contributed by atoms with Gasteiger partial charge in [-0.2, -0.15) is 0 Å². The first-order valence-corrected chi connectivity index (χ1v) is 9.96. The second-order valence-corrected chi connectivity index (χ2v) is 8.00. The van der Waals surface area contributed by atoms with Crippen LogP contribution in [0.3, 0.4) is 0 Å². The summed E-state index contributed by atoms with van der Waals surface area (Å²) >= 11 is 1.72. The van der Waals surface area contributed by atoms with Crippen LogP contribution in [0.1, 0.15) is 47.9 Å². The summed E-state index contributed by atoms with van der Waals surface area (Å²) in [6, 6.07) is 0.255. The van der Waals surface area contributed by atoms with Gasteiger partial charge in [0.2, 0.25) is 5.91 Å². The van der Waals surface area contributed by atoms with Crippen LogP contribution in [0.2, 0.25) is 0 Å². The second kappa shape index (κ2) is 6.88. The first-order chi connectivity index (χ1) is 12.1. The molecule has 0 bridgehead atoms. The van der Waals surface area contributed by atoms with Crippen LogP contribution in [-0.2, 0) is 24.3 Å². The Morgan fingerprint density at radius 3 is 2.80 bits per heavy atom. The lowest BCUT2D eigenvalue weighted by molar-refractivity contribution is -0.129. The van der Waals surface area contributed by atoms with E-state index in [1.165, 1.54) is 4.88 Å². The van der Waals surface area contributed by atoms with Crippen molar-refractivity contribution in [3.63, 3.8) is 0 Å². The minimum atomic E-state index is 0.220. The van der Waals surface area contributed by atoms with Crippen LogP contribution in [0, 0.1) is 6.92 Å². The molecule has 6 nitrogen and oxygen atoms in total. The Kier molecular flexibility index (Phi) is 4.60. The summed E-state index contributed by atoms with van der Waals surface area (Å²) in [5.41, 5.74) is 3.96. The van der Waals surface area contributed by atoms with E-state index in [0.717, 1.165) is 62.8 Å². The van der Waals surface area contributed by atoms with Crippen LogP contribution >= 0.6 is 11.3 Å². The Balaban J connectivity index is 1.46. The SMILES string of the molecule is Cc1ncsc1CN1CCn2cc(CC(=O)N3CCCC3)nc2C1C. The molecule has 2 aliphatic heterocycles. The number of hydrogen-bond acceptors (Lipinski definition) is 5. The average Bonchev–Trinajstić information content (AvgIpc) is 3.32. The van der Waals surface area contributed by atoms with Crippen molar-refractivity contribution >= 4 is 17.2 Å². The van der Waals surface area contributed by atoms with E-state index >= 15 is 0 Å². The fraction of sp³-hybridized carbons (Fsp3) is 0.611. The number of thiazole rings is 1. The molecule has 0 N–H and O–H groups in total. The first kappa shape index (κ1) is 16.7. The molecule has 4 rings (SSSR count). The van der Waals surface area contributed by atoms with Gasteiger partial charge in [-0.3, -0.25) is 9.69 Å². The number of likely N-dealkylation sites (tertiary alicyclic amines) is 1. The summed E-state index contributed by atoms with van der Waals surface area (Å²) in [5.74, 6) is 1.30. The molecule has 2 aromatic rings. The molecule has 2 aliphatic rings. The summed E-state index contributed by atoms with van der Waals surface area (Å²) in [7, 11) is 0. The van der Waals surface area contributed by atoms with E-state index in [1.54, 1.807) is 11.3 Å². The molecule has 0 aliphatic carbocycles. The molecule has 1 amide bonds. The van der Waals surface area contributed by atoms with Crippen LogP contribution in [0.25, 0.3) is 0 Å². The number of amides is 1. The van der Waals surface area contributed by atoms with Crippen molar-refractivity contribution in [3.8, 4) is 0 Å². The highest BCUT2D eigenvalue weighted by Gasteiger charge is 2.28. The smallest absolute Gasteiger partial charge is 0.228 e. The van der Waals surface area contributed by atoms with Crippen LogP contribution in [-0.4, -0.2) is 49.9 Å². The van der Waals surface area contributed by atoms with Crippen LogP contribution in [0.15, 0.2) is 11.7 Å². The fourth-order valence-corrected chi connectivity index (χ4v) is 4.59. The standard InChI is InChI=1S/C18H25N5OS/c1-13-16(25-12-19-13)11-22-7-8-23-10-15(20-18(23)14(22)2)9-17(24)21-5-3-4-6-21/h10,12,14H,3-9,11H2,1-2H3. The molecule has 0 radical (unpaired) electrons. The van der Waals surface area contributed by atoms with E-state index in [1.807, 2.05) is 10.4 Å². The zero-order valence-corrected chi connectivity index (χ0v) is 15.8. The highest BCUT2D eigenvalue weighted by atomic mass is 32.1. The van der Waals surface area contributed by atoms with Gasteiger partial charge in [-0.25, -0.2) is 9.97 Å². The minimum Gasteiger partial charge on any atom is -0.342 e. The zero-order valence-electron chi connectivity index (χ0n) is 14.9. The van der Waals surface area contributed by atoms with Gasteiger partial charge in [0.1, 0.15) is 5.82 Å². The van der Waals surface area contributed by atoms with E-state index in [0.29, 0.717) is 6.42 Å². The largest absolute Gasteiger partial charge is 0.342 e. The normalized spacial score (nSPS) is 20.9. The van der Waals surface area contributed by atoms with Crippen molar-refractivity contribution in [1.82, 2.24) is 24.3 Å². The van der Waals surface area contributed by atoms with Crippen LogP contribution in [0.5, 0.6) is 0 Å². The third kappa shape index (κ3) is 3.35. The lowest BCUT2D eigenvalue weighted by atomic mass is 10.2. The van der Waals surface area contributed by atoms with Crippen molar-refractivity contribution in [2.24, 2.45) is 0 Å². The molecule has 0 spiro atoms. The predicted octanol–water partition coefficient (Wildman–Crippen LogP) is 2.39. The van der Waals surface area contributed by atoms with Gasteiger partial charge in [0.25, 0.3) is 0 Å². The number of rotatable bonds is 4. The van der Waals surface area contributed by atoms with E-state index < -0.39 is 0 Å². The monoisotopic (exact) mass is 359 g/mol. The lowest BCUT2D eigenvalue weighted by Gasteiger charge is -2.33. The van der Waals surface area contributed by atoms with E-state index in [2.05, 4.69) is 34.5 Å². The number of nitrogens with zero attached hydrogens (tertiary/aromatic N) is 5. The van der Waals surface area contributed by atoms with E-state index in [9.17, 15) is 4.79 Å². The molecule has 7 heteroatoms. The number of aromatic nitrogens is 3. The second-order valence-electron chi connectivity index (χ2n) is 7.06. The quantitative estimate of drug-likeness (QED) is 0.841. The number of carbonyl (C=O) groups is 1. The Morgan fingerprint density at radius 2 is 2.08 bits per heavy atom.